The van der Waals surface area contributed by atoms with Crippen LogP contribution in [0.2, 0.25) is 0 Å². The highest BCUT2D eigenvalue weighted by atomic mass is 32.2. The average Bonchev–Trinajstić information content (AvgIpc) is 2.41. The Morgan fingerprint density at radius 3 is 2.23 bits per heavy atom. The molecule has 1 aromatic rings. The molecule has 0 spiro atoms. The minimum atomic E-state index is -3.29. The maximum Gasteiger partial charge on any atom is 0.225 e. The van der Waals surface area contributed by atoms with E-state index in [-0.39, 0.29) is 12.5 Å². The van der Waals surface area contributed by atoms with Gasteiger partial charge in [0, 0.05) is 25.0 Å². The zero-order valence-corrected chi connectivity index (χ0v) is 14.6. The summed E-state index contributed by atoms with van der Waals surface area (Å²) in [6, 6.07) is 9.75. The Hall–Kier alpha value is -1.40. The lowest BCUT2D eigenvalue weighted by molar-refractivity contribution is -0.128. The molecule has 0 heterocycles. The Labute approximate surface area is 133 Å². The van der Waals surface area contributed by atoms with E-state index in [4.69, 9.17) is 0 Å². The van der Waals surface area contributed by atoms with E-state index in [1.807, 2.05) is 51.1 Å². The van der Waals surface area contributed by atoms with Gasteiger partial charge in [-0.2, -0.15) is 0 Å². The van der Waals surface area contributed by atoms with Crippen LogP contribution in [0.4, 0.5) is 0 Å². The van der Waals surface area contributed by atoms with Gasteiger partial charge in [-0.15, -0.1) is 0 Å². The minimum Gasteiger partial charge on any atom is -0.354 e. The van der Waals surface area contributed by atoms with Crippen molar-refractivity contribution in [2.45, 2.75) is 27.2 Å². The number of carbonyl (C=O) groups excluding carboxylic acids is 1. The molecule has 0 bridgehead atoms. The highest BCUT2D eigenvalue weighted by Crippen LogP contribution is 2.12. The summed E-state index contributed by atoms with van der Waals surface area (Å²) in [7, 11) is -3.29. The third-order valence-corrected chi connectivity index (χ3v) is 4.59. The Bertz CT molecular complexity index is 577. The molecule has 0 saturated heterocycles. The monoisotopic (exact) mass is 326 g/mol. The molecule has 0 aliphatic heterocycles. The topological polar surface area (TPSA) is 66.5 Å². The average molecular weight is 326 g/mol. The van der Waals surface area contributed by atoms with Gasteiger partial charge in [0.25, 0.3) is 0 Å². The van der Waals surface area contributed by atoms with E-state index in [0.717, 1.165) is 5.56 Å². The van der Waals surface area contributed by atoms with Crippen LogP contribution in [-0.4, -0.2) is 44.5 Å². The van der Waals surface area contributed by atoms with Crippen LogP contribution >= 0.6 is 0 Å². The largest absolute Gasteiger partial charge is 0.354 e. The second-order valence-electron chi connectivity index (χ2n) is 6.40. The molecule has 1 aromatic carbocycles. The van der Waals surface area contributed by atoms with Crippen LogP contribution in [-0.2, 0) is 21.2 Å². The molecule has 0 radical (unpaired) electrons. The van der Waals surface area contributed by atoms with Crippen LogP contribution in [0.5, 0.6) is 0 Å². The van der Waals surface area contributed by atoms with E-state index in [1.54, 1.807) is 0 Å². The summed E-state index contributed by atoms with van der Waals surface area (Å²) in [6.07, 6.45) is 1.85. The van der Waals surface area contributed by atoms with E-state index in [0.29, 0.717) is 19.5 Å². The molecule has 1 rings (SSSR count). The molecule has 0 saturated carbocycles. The van der Waals surface area contributed by atoms with Crippen molar-refractivity contribution in [2.75, 3.05) is 25.9 Å². The molecule has 0 aliphatic rings. The molecule has 0 aromatic heterocycles. The molecule has 0 aliphatic carbocycles. The first kappa shape index (κ1) is 18.6. The SMILES string of the molecule is CC(C)(C)C(=O)NCCN(CCc1ccccc1)S(C)(=O)=O. The number of hydrogen-bond acceptors (Lipinski definition) is 3. The molecule has 1 N–H and O–H groups in total. The Balaban J connectivity index is 2.54. The summed E-state index contributed by atoms with van der Waals surface area (Å²) in [5, 5.41) is 2.78. The van der Waals surface area contributed by atoms with Crippen molar-refractivity contribution in [1.82, 2.24) is 9.62 Å². The number of rotatable bonds is 7. The van der Waals surface area contributed by atoms with Crippen LogP contribution in [0.25, 0.3) is 0 Å². The molecule has 6 heteroatoms. The highest BCUT2D eigenvalue weighted by molar-refractivity contribution is 7.88. The lowest BCUT2D eigenvalue weighted by atomic mass is 9.96. The highest BCUT2D eigenvalue weighted by Gasteiger charge is 2.22. The van der Waals surface area contributed by atoms with Crippen LogP contribution in [0.1, 0.15) is 26.3 Å². The lowest BCUT2D eigenvalue weighted by Crippen LogP contribution is -2.42. The predicted octanol–water partition coefficient (Wildman–Crippen LogP) is 1.65. The molecule has 0 fully saturated rings. The van der Waals surface area contributed by atoms with E-state index < -0.39 is 15.4 Å². The van der Waals surface area contributed by atoms with Gasteiger partial charge in [0.15, 0.2) is 0 Å². The van der Waals surface area contributed by atoms with Crippen molar-refractivity contribution < 1.29 is 13.2 Å². The van der Waals surface area contributed by atoms with Crippen molar-refractivity contribution in [1.29, 1.82) is 0 Å². The lowest BCUT2D eigenvalue weighted by Gasteiger charge is -2.22. The maximum atomic E-state index is 11.8. The predicted molar refractivity (Wildman–Crippen MR) is 89.0 cm³/mol. The second kappa shape index (κ2) is 7.74. The number of benzene rings is 1. The van der Waals surface area contributed by atoms with E-state index >= 15 is 0 Å². The summed E-state index contributed by atoms with van der Waals surface area (Å²) in [4.78, 5) is 11.8. The molecular weight excluding hydrogens is 300 g/mol. The van der Waals surface area contributed by atoms with Gasteiger partial charge in [-0.25, -0.2) is 12.7 Å². The molecule has 0 atom stereocenters. The quantitative estimate of drug-likeness (QED) is 0.828. The first-order valence-electron chi connectivity index (χ1n) is 7.38. The number of amides is 1. The summed E-state index contributed by atoms with van der Waals surface area (Å²) < 4.78 is 25.1. The van der Waals surface area contributed by atoms with Crippen molar-refractivity contribution in [3.8, 4) is 0 Å². The fraction of sp³-hybridized carbons (Fsp3) is 0.562. The zero-order valence-electron chi connectivity index (χ0n) is 13.8. The summed E-state index contributed by atoms with van der Waals surface area (Å²) >= 11 is 0. The van der Waals surface area contributed by atoms with Gasteiger partial charge in [0.2, 0.25) is 15.9 Å². The molecule has 1 amide bonds. The van der Waals surface area contributed by atoms with Crippen molar-refractivity contribution >= 4 is 15.9 Å². The number of sulfonamides is 1. The number of carbonyl (C=O) groups is 1. The first-order valence-corrected chi connectivity index (χ1v) is 9.23. The van der Waals surface area contributed by atoms with Crippen LogP contribution in [0.3, 0.4) is 0 Å². The maximum absolute atomic E-state index is 11.8. The van der Waals surface area contributed by atoms with Gasteiger partial charge in [0.05, 0.1) is 6.26 Å². The summed E-state index contributed by atoms with van der Waals surface area (Å²) in [6.45, 7) is 6.49. The van der Waals surface area contributed by atoms with E-state index in [9.17, 15) is 13.2 Å². The van der Waals surface area contributed by atoms with E-state index in [2.05, 4.69) is 5.32 Å². The smallest absolute Gasteiger partial charge is 0.225 e. The van der Waals surface area contributed by atoms with Gasteiger partial charge in [-0.05, 0) is 12.0 Å². The van der Waals surface area contributed by atoms with Gasteiger partial charge >= 0.3 is 0 Å². The third kappa shape index (κ3) is 6.58. The van der Waals surface area contributed by atoms with Gasteiger partial charge in [0.1, 0.15) is 0 Å². The van der Waals surface area contributed by atoms with Crippen LogP contribution in [0, 0.1) is 5.41 Å². The number of hydrogen-bond donors (Lipinski definition) is 1. The van der Waals surface area contributed by atoms with Crippen LogP contribution < -0.4 is 5.32 Å². The summed E-state index contributed by atoms with van der Waals surface area (Å²) in [5.41, 5.74) is 0.620. The van der Waals surface area contributed by atoms with Crippen LogP contribution in [0.15, 0.2) is 30.3 Å². The minimum absolute atomic E-state index is 0.0796. The standard InChI is InChI=1S/C16H26N2O3S/c1-16(2,3)15(19)17-11-13-18(22(4,20)21)12-10-14-8-6-5-7-9-14/h5-9H,10-13H2,1-4H3,(H,17,19). The molecular formula is C16H26N2O3S. The fourth-order valence-electron chi connectivity index (χ4n) is 1.90. The number of nitrogens with one attached hydrogen (secondary N) is 1. The van der Waals surface area contributed by atoms with Crippen molar-refractivity contribution in [2.24, 2.45) is 5.41 Å². The Kier molecular flexibility index (Phi) is 6.56. The van der Waals surface area contributed by atoms with Crippen molar-refractivity contribution in [3.63, 3.8) is 0 Å². The fourth-order valence-corrected chi connectivity index (χ4v) is 2.75. The Morgan fingerprint density at radius 2 is 1.73 bits per heavy atom. The molecule has 5 nitrogen and oxygen atoms in total. The second-order valence-corrected chi connectivity index (χ2v) is 8.39. The van der Waals surface area contributed by atoms with Gasteiger partial charge in [-0.1, -0.05) is 51.1 Å². The van der Waals surface area contributed by atoms with E-state index in [1.165, 1.54) is 10.6 Å². The summed E-state index contributed by atoms with van der Waals surface area (Å²) in [5.74, 6) is -0.0796. The van der Waals surface area contributed by atoms with Gasteiger partial charge in [-0.3, -0.25) is 4.79 Å². The molecule has 0 unspecified atom stereocenters. The molecule has 124 valence electrons. The normalized spacial score (nSPS) is 12.4. The third-order valence-electron chi connectivity index (χ3n) is 3.29. The van der Waals surface area contributed by atoms with Gasteiger partial charge < -0.3 is 5.32 Å². The first-order chi connectivity index (χ1) is 10.1. The zero-order chi connectivity index (χ0) is 16.8. The number of nitrogens with zero attached hydrogens (tertiary/aromatic N) is 1. The Morgan fingerprint density at radius 1 is 1.14 bits per heavy atom. The molecule has 22 heavy (non-hydrogen) atoms. The van der Waals surface area contributed by atoms with Crippen molar-refractivity contribution in [3.05, 3.63) is 35.9 Å².